The third-order valence-corrected chi connectivity index (χ3v) is 4.51. The minimum Gasteiger partial charge on any atom is -0.462 e. The first-order valence-electron chi connectivity index (χ1n) is 8.06. The van der Waals surface area contributed by atoms with Gasteiger partial charge in [-0.15, -0.1) is 0 Å². The molecule has 1 saturated heterocycles. The van der Waals surface area contributed by atoms with E-state index in [2.05, 4.69) is 15.0 Å². The van der Waals surface area contributed by atoms with Gasteiger partial charge < -0.3 is 25.4 Å². The maximum absolute atomic E-state index is 11.7. The Labute approximate surface area is 160 Å². The van der Waals surface area contributed by atoms with Gasteiger partial charge in [0.2, 0.25) is 12.3 Å². The van der Waals surface area contributed by atoms with E-state index in [1.807, 2.05) is 0 Å². The molecule has 4 atom stereocenters. The van der Waals surface area contributed by atoms with Crippen LogP contribution in [-0.2, 0) is 14.3 Å². The summed E-state index contributed by atoms with van der Waals surface area (Å²) >= 11 is 0. The van der Waals surface area contributed by atoms with Crippen LogP contribution in [0.3, 0.4) is 0 Å². The molecule has 0 amide bonds. The highest BCUT2D eigenvalue weighted by molar-refractivity contribution is 5.81. The number of hydrogen-bond donors (Lipinski definition) is 3. The van der Waals surface area contributed by atoms with Crippen LogP contribution in [0.1, 0.15) is 19.6 Å². The van der Waals surface area contributed by atoms with Crippen molar-refractivity contribution in [2.24, 2.45) is 0 Å². The molecule has 0 bridgehead atoms. The molecule has 4 N–H and O–H groups in total. The molecule has 3 heterocycles. The van der Waals surface area contributed by atoms with Crippen molar-refractivity contribution in [2.45, 2.75) is 37.1 Å². The van der Waals surface area contributed by atoms with Gasteiger partial charge in [-0.2, -0.15) is 0 Å². The fraction of sp³-hybridized carbons (Fsp3) is 0.538. The molecule has 29 heavy (non-hydrogen) atoms. The van der Waals surface area contributed by atoms with Crippen LogP contribution in [0.4, 0.5) is 5.82 Å². The number of carbonyl (C=O) groups excluding carboxylic acids is 1. The highest BCUT2D eigenvalue weighted by atomic mass is 16.7. The number of aliphatic hydroxyl groups is 2. The Morgan fingerprint density at radius 1 is 1.31 bits per heavy atom. The molecular weight excluding hydrogens is 398 g/mol. The number of anilines is 1. The molecule has 0 unspecified atom stereocenters. The van der Waals surface area contributed by atoms with Crippen molar-refractivity contribution in [1.29, 1.82) is 0 Å². The van der Waals surface area contributed by atoms with Gasteiger partial charge >= 0.3 is 17.4 Å². The third-order valence-electron chi connectivity index (χ3n) is 4.51. The lowest BCUT2D eigenvalue weighted by Gasteiger charge is -2.26. The van der Waals surface area contributed by atoms with E-state index in [9.17, 15) is 35.2 Å². The molecule has 1 fully saturated rings. The number of carbonyl (C=O) groups is 1. The highest BCUT2D eigenvalue weighted by Crippen LogP contribution is 2.47. The summed E-state index contributed by atoms with van der Waals surface area (Å²) in [7, 11) is 0. The number of ether oxygens (including phenoxy) is 2. The number of nitrogen functional groups attached to an aromatic ring is 1. The van der Waals surface area contributed by atoms with E-state index in [0.717, 1.165) is 17.2 Å². The van der Waals surface area contributed by atoms with E-state index in [1.165, 1.54) is 6.92 Å². The molecule has 2 aromatic rings. The predicted molar refractivity (Wildman–Crippen MR) is 88.8 cm³/mol. The average Bonchev–Trinajstić information content (AvgIpc) is 3.20. The summed E-state index contributed by atoms with van der Waals surface area (Å²) in [5, 5.41) is 44.6. The van der Waals surface area contributed by atoms with Crippen molar-refractivity contribution in [3.63, 3.8) is 0 Å². The van der Waals surface area contributed by atoms with Gasteiger partial charge in [-0.05, 0) is 0 Å². The van der Waals surface area contributed by atoms with Crippen molar-refractivity contribution < 1.29 is 34.3 Å². The first-order chi connectivity index (χ1) is 13.6. The number of imidazole rings is 1. The van der Waals surface area contributed by atoms with Gasteiger partial charge in [0.25, 0.3) is 0 Å². The van der Waals surface area contributed by atoms with Crippen molar-refractivity contribution in [2.75, 3.05) is 12.3 Å². The Bertz CT molecular complexity index is 996. The Morgan fingerprint density at radius 2 is 1.97 bits per heavy atom. The average molecular weight is 413 g/mol. The van der Waals surface area contributed by atoms with Crippen molar-refractivity contribution >= 4 is 23.0 Å². The zero-order valence-corrected chi connectivity index (χ0v) is 14.7. The normalized spacial score (nSPS) is 29.1. The SMILES string of the molecule is CCC(=O)OC[C@H]1O[C@@H](n2cnc3c(N)ncnc32)[C@@](O)([N+](=O)[O-])[C@@]1(O)[N+](=O)[O-]. The van der Waals surface area contributed by atoms with Gasteiger partial charge in [-0.25, -0.2) is 15.0 Å². The zero-order valence-electron chi connectivity index (χ0n) is 14.7. The summed E-state index contributed by atoms with van der Waals surface area (Å²) in [5.74, 6) is -0.907. The number of hydrogen-bond acceptors (Lipinski definition) is 13. The van der Waals surface area contributed by atoms with Gasteiger partial charge in [0.15, 0.2) is 11.5 Å². The Kier molecular flexibility index (Phi) is 4.77. The molecule has 0 aliphatic carbocycles. The standard InChI is InChI=1S/C13H15N7O9/c1-2-7(21)28-3-6-12(22,19(24)25)13(23,20(26)27)11(29-6)18-5-17-8-9(14)15-4-16-10(8)18/h4-6,11,22-23H,2-3H2,1H3,(H2,14,15,16)/t6-,11-,12-,13+/m1/s1. The van der Waals surface area contributed by atoms with Gasteiger partial charge in [0.1, 0.15) is 18.5 Å². The molecule has 0 aromatic carbocycles. The number of nitrogens with zero attached hydrogens (tertiary/aromatic N) is 6. The number of aromatic nitrogens is 4. The van der Waals surface area contributed by atoms with E-state index in [-0.39, 0.29) is 23.4 Å². The van der Waals surface area contributed by atoms with Crippen LogP contribution >= 0.6 is 0 Å². The number of nitro groups is 2. The molecule has 0 radical (unpaired) electrons. The van der Waals surface area contributed by atoms with Crippen LogP contribution in [-0.4, -0.2) is 69.7 Å². The van der Waals surface area contributed by atoms with Gasteiger partial charge in [-0.1, -0.05) is 6.92 Å². The van der Waals surface area contributed by atoms with Crippen LogP contribution in [0.15, 0.2) is 12.7 Å². The summed E-state index contributed by atoms with van der Waals surface area (Å²) in [6.45, 7) is 0.510. The summed E-state index contributed by atoms with van der Waals surface area (Å²) in [4.78, 5) is 43.1. The van der Waals surface area contributed by atoms with Crippen molar-refractivity contribution in [1.82, 2.24) is 19.5 Å². The second kappa shape index (κ2) is 6.83. The molecule has 156 valence electrons. The summed E-state index contributed by atoms with van der Waals surface area (Å²) in [6.07, 6.45) is -2.44. The molecule has 1 aliphatic heterocycles. The van der Waals surface area contributed by atoms with Gasteiger partial charge in [0, 0.05) is 6.42 Å². The lowest BCUT2D eigenvalue weighted by molar-refractivity contribution is -0.757. The van der Waals surface area contributed by atoms with Gasteiger partial charge in [-0.3, -0.25) is 29.6 Å². The maximum Gasteiger partial charge on any atom is 0.466 e. The molecule has 16 heteroatoms. The van der Waals surface area contributed by atoms with Crippen molar-refractivity contribution in [3.8, 4) is 0 Å². The second-order valence-corrected chi connectivity index (χ2v) is 6.06. The predicted octanol–water partition coefficient (Wildman–Crippen LogP) is -1.81. The fourth-order valence-electron chi connectivity index (χ4n) is 2.97. The monoisotopic (exact) mass is 413 g/mol. The highest BCUT2D eigenvalue weighted by Gasteiger charge is 2.85. The van der Waals surface area contributed by atoms with Crippen LogP contribution in [0.2, 0.25) is 0 Å². The minimum absolute atomic E-state index is 0.0210. The van der Waals surface area contributed by atoms with Crippen molar-refractivity contribution in [3.05, 3.63) is 32.9 Å². The van der Waals surface area contributed by atoms with Crippen LogP contribution in [0, 0.1) is 20.2 Å². The fourth-order valence-corrected chi connectivity index (χ4v) is 2.97. The minimum atomic E-state index is -3.70. The van der Waals surface area contributed by atoms with E-state index >= 15 is 0 Å². The zero-order chi connectivity index (χ0) is 21.6. The van der Waals surface area contributed by atoms with E-state index in [1.54, 1.807) is 0 Å². The number of nitrogens with two attached hydrogens (primary N) is 1. The topological polar surface area (TPSA) is 232 Å². The summed E-state index contributed by atoms with van der Waals surface area (Å²) in [6, 6.07) is 0. The Hall–Kier alpha value is -3.50. The smallest absolute Gasteiger partial charge is 0.462 e. The molecule has 1 aliphatic rings. The third kappa shape index (κ3) is 2.72. The first-order valence-corrected chi connectivity index (χ1v) is 8.06. The number of esters is 1. The molecule has 3 rings (SSSR count). The summed E-state index contributed by atoms with van der Waals surface area (Å²) in [5.41, 5.74) is -1.91. The number of rotatable bonds is 6. The lowest BCUT2D eigenvalue weighted by Crippen LogP contribution is -2.67. The van der Waals surface area contributed by atoms with E-state index in [4.69, 9.17) is 15.2 Å². The Balaban J connectivity index is 2.15. The quantitative estimate of drug-likeness (QED) is 0.205. The molecule has 16 nitrogen and oxygen atoms in total. The largest absolute Gasteiger partial charge is 0.466 e. The second-order valence-electron chi connectivity index (χ2n) is 6.06. The summed E-state index contributed by atoms with van der Waals surface area (Å²) < 4.78 is 10.8. The van der Waals surface area contributed by atoms with E-state index in [0.29, 0.717) is 0 Å². The van der Waals surface area contributed by atoms with Crippen LogP contribution < -0.4 is 5.73 Å². The maximum atomic E-state index is 11.7. The molecule has 2 aromatic heterocycles. The van der Waals surface area contributed by atoms with E-state index < -0.39 is 46.2 Å². The molecular formula is C13H15N7O9. The number of fused-ring (bicyclic) bond motifs is 1. The lowest BCUT2D eigenvalue weighted by atomic mass is 9.96. The first kappa shape index (κ1) is 20.2. The van der Waals surface area contributed by atoms with Crippen LogP contribution in [0.5, 0.6) is 0 Å². The Morgan fingerprint density at radius 3 is 2.55 bits per heavy atom. The molecule has 0 saturated carbocycles. The van der Waals surface area contributed by atoms with Crippen LogP contribution in [0.25, 0.3) is 11.2 Å². The van der Waals surface area contributed by atoms with Gasteiger partial charge in [0.05, 0.1) is 16.2 Å². The molecule has 0 spiro atoms.